The van der Waals surface area contributed by atoms with Gasteiger partial charge in [-0.1, -0.05) is 0 Å². The van der Waals surface area contributed by atoms with Crippen LogP contribution in [-0.2, 0) is 4.79 Å². The van der Waals surface area contributed by atoms with Crippen LogP contribution in [-0.4, -0.2) is 51.6 Å². The van der Waals surface area contributed by atoms with Gasteiger partial charge in [-0.25, -0.2) is 0 Å². The molecular formula is C5H10O5. The number of hydrogen-bond acceptors (Lipinski definition) is 5. The standard InChI is InChI=1S/C5H10O5/c6-1-3(8)5(10)4(9)2-7/h1,3-5,7-10H,2H2/t3-,4-,5-/m1/s1/i7+2. The highest BCUT2D eigenvalue weighted by Gasteiger charge is 2.22. The molecule has 0 aliphatic carbocycles. The van der Waals surface area contributed by atoms with E-state index in [0.29, 0.717) is 0 Å². The van der Waals surface area contributed by atoms with Crippen molar-refractivity contribution in [2.75, 3.05) is 6.61 Å². The maximum absolute atomic E-state index is 9.76. The molecule has 4 N–H and O–H groups in total. The molecular weight excluding hydrogens is 142 g/mol. The van der Waals surface area contributed by atoms with Crippen LogP contribution >= 0.6 is 0 Å². The summed E-state index contributed by atoms with van der Waals surface area (Å²) in [5.41, 5.74) is 0. The molecule has 0 rings (SSSR count). The Balaban J connectivity index is 3.80. The van der Waals surface area contributed by atoms with Gasteiger partial charge in [-0.2, -0.15) is 0 Å². The first kappa shape index (κ1) is 9.51. The highest BCUT2D eigenvalue weighted by Crippen LogP contribution is 1.96. The number of rotatable bonds is 4. The van der Waals surface area contributed by atoms with Crippen molar-refractivity contribution >= 4 is 6.29 Å². The fourth-order valence-corrected chi connectivity index (χ4v) is 0.416. The average Bonchev–Trinajstić information content (AvgIpc) is 2.00. The molecule has 0 spiro atoms. The molecule has 0 saturated carbocycles. The lowest BCUT2D eigenvalue weighted by Crippen LogP contribution is -2.40. The van der Waals surface area contributed by atoms with Crippen molar-refractivity contribution in [3.8, 4) is 0 Å². The lowest BCUT2D eigenvalue weighted by Gasteiger charge is -2.16. The van der Waals surface area contributed by atoms with E-state index in [4.69, 9.17) is 20.4 Å². The van der Waals surface area contributed by atoms with Gasteiger partial charge in [0.05, 0.1) is 6.61 Å². The molecule has 0 aromatic carbocycles. The van der Waals surface area contributed by atoms with Gasteiger partial charge in [-0.3, -0.25) is 0 Å². The Morgan fingerprint density at radius 3 is 2.20 bits per heavy atom. The molecule has 0 radical (unpaired) electrons. The summed E-state index contributed by atoms with van der Waals surface area (Å²) in [7, 11) is 0. The molecule has 0 bridgehead atoms. The van der Waals surface area contributed by atoms with Crippen LogP contribution in [0.4, 0.5) is 0 Å². The number of carbonyl (C=O) groups excluding carboxylic acids is 1. The summed E-state index contributed by atoms with van der Waals surface area (Å²) in [6.07, 6.45) is -4.63. The lowest BCUT2D eigenvalue weighted by atomic mass is 10.1. The maximum Gasteiger partial charge on any atom is 0.151 e. The van der Waals surface area contributed by atoms with Crippen molar-refractivity contribution < 1.29 is 25.2 Å². The Morgan fingerprint density at radius 1 is 1.40 bits per heavy atom. The summed E-state index contributed by atoms with van der Waals surface area (Å²) in [5.74, 6) is 0. The third-order valence-corrected chi connectivity index (χ3v) is 1.07. The molecule has 0 aromatic rings. The average molecular weight is 152 g/mol. The van der Waals surface area contributed by atoms with Crippen molar-refractivity contribution in [2.45, 2.75) is 18.3 Å². The van der Waals surface area contributed by atoms with Crippen LogP contribution in [0.2, 0.25) is 0 Å². The number of aliphatic hydroxyl groups is 4. The summed E-state index contributed by atoms with van der Waals surface area (Å²) >= 11 is 0. The minimum absolute atomic E-state index is 0.0869. The highest BCUT2D eigenvalue weighted by molar-refractivity contribution is 5.56. The monoisotopic (exact) mass is 152 g/mol. The molecule has 3 atom stereocenters. The zero-order chi connectivity index (χ0) is 8.15. The van der Waals surface area contributed by atoms with Crippen LogP contribution in [0.15, 0.2) is 0 Å². The normalized spacial score (nSPS) is 19.6. The second-order valence-corrected chi connectivity index (χ2v) is 1.87. The summed E-state index contributed by atoms with van der Waals surface area (Å²) in [6.45, 7) is -0.688. The second kappa shape index (κ2) is 4.35. The Labute approximate surface area is 57.5 Å². The Morgan fingerprint density at radius 2 is 1.90 bits per heavy atom. The third kappa shape index (κ3) is 2.40. The van der Waals surface area contributed by atoms with Crippen molar-refractivity contribution in [3.05, 3.63) is 0 Å². The first-order chi connectivity index (χ1) is 4.63. The van der Waals surface area contributed by atoms with E-state index in [1.807, 2.05) is 0 Å². The van der Waals surface area contributed by atoms with Crippen LogP contribution in [0, 0.1) is 0 Å². The molecule has 0 unspecified atom stereocenters. The van der Waals surface area contributed by atoms with E-state index in [0.717, 1.165) is 0 Å². The fourth-order valence-electron chi connectivity index (χ4n) is 0.416. The minimum atomic E-state index is -1.64. The fraction of sp³-hybridized carbons (Fsp3) is 0.800. The van der Waals surface area contributed by atoms with Gasteiger partial charge < -0.3 is 25.2 Å². The van der Waals surface area contributed by atoms with Crippen LogP contribution in [0.25, 0.3) is 0 Å². The van der Waals surface area contributed by atoms with Gasteiger partial charge in [0.2, 0.25) is 0 Å². The van der Waals surface area contributed by atoms with Crippen molar-refractivity contribution in [1.82, 2.24) is 0 Å². The number of carbonyl (C=O) groups is 1. The molecule has 5 heteroatoms. The highest BCUT2D eigenvalue weighted by atomic mass is 18.2. The minimum Gasteiger partial charge on any atom is -0.394 e. The second-order valence-electron chi connectivity index (χ2n) is 1.87. The van der Waals surface area contributed by atoms with Crippen molar-refractivity contribution in [2.24, 2.45) is 0 Å². The number of aldehydes is 1. The largest absolute Gasteiger partial charge is 0.394 e. The Hall–Kier alpha value is -0.490. The SMILES string of the molecule is O=C[C@@H](O)[C@@H](O)[C@H](O)C[18OH]. The maximum atomic E-state index is 9.76. The topological polar surface area (TPSA) is 98.0 Å². The van der Waals surface area contributed by atoms with Gasteiger partial charge in [-0.15, -0.1) is 0 Å². The summed E-state index contributed by atoms with van der Waals surface area (Å²) in [5, 5.41) is 34.1. The van der Waals surface area contributed by atoms with Gasteiger partial charge in [0.15, 0.2) is 6.29 Å². The van der Waals surface area contributed by atoms with Gasteiger partial charge >= 0.3 is 0 Å². The van der Waals surface area contributed by atoms with E-state index in [2.05, 4.69) is 0 Å². The molecule has 5 nitrogen and oxygen atoms in total. The molecule has 0 aromatic heterocycles. The molecule has 0 aliphatic heterocycles. The quantitative estimate of drug-likeness (QED) is 0.259. The Bertz CT molecular complexity index is 104. The van der Waals surface area contributed by atoms with Crippen molar-refractivity contribution in [3.63, 3.8) is 0 Å². The molecule has 0 fully saturated rings. The van der Waals surface area contributed by atoms with Crippen molar-refractivity contribution in [1.29, 1.82) is 0 Å². The van der Waals surface area contributed by atoms with Gasteiger partial charge in [-0.05, 0) is 0 Å². The van der Waals surface area contributed by atoms with Crippen LogP contribution in [0.3, 0.4) is 0 Å². The zero-order valence-electron chi connectivity index (χ0n) is 5.21. The lowest BCUT2D eigenvalue weighted by molar-refractivity contribution is -0.127. The first-order valence-electron chi connectivity index (χ1n) is 2.73. The van der Waals surface area contributed by atoms with Gasteiger partial charge in [0, 0.05) is 0 Å². The molecule has 0 amide bonds. The molecule has 0 heterocycles. The van der Waals surface area contributed by atoms with E-state index in [1.54, 1.807) is 0 Å². The summed E-state index contributed by atoms with van der Waals surface area (Å²) < 4.78 is 0. The third-order valence-electron chi connectivity index (χ3n) is 1.07. The van der Waals surface area contributed by atoms with Gasteiger partial charge in [0.25, 0.3) is 0 Å². The van der Waals surface area contributed by atoms with E-state index < -0.39 is 24.9 Å². The van der Waals surface area contributed by atoms with E-state index >= 15 is 0 Å². The van der Waals surface area contributed by atoms with E-state index in [-0.39, 0.29) is 6.29 Å². The predicted octanol–water partition coefficient (Wildman–Crippen LogP) is -2.74. The number of hydrogen-bond donors (Lipinski definition) is 4. The predicted molar refractivity (Wildman–Crippen MR) is 31.2 cm³/mol. The van der Waals surface area contributed by atoms with E-state index in [9.17, 15) is 4.79 Å². The Kier molecular flexibility index (Phi) is 4.13. The molecule has 0 saturated heterocycles. The molecule has 10 heavy (non-hydrogen) atoms. The van der Waals surface area contributed by atoms with Crippen LogP contribution in [0.5, 0.6) is 0 Å². The summed E-state index contributed by atoms with van der Waals surface area (Å²) in [4.78, 5) is 9.76. The zero-order valence-corrected chi connectivity index (χ0v) is 5.21. The molecule has 0 aliphatic rings. The van der Waals surface area contributed by atoms with Crippen LogP contribution < -0.4 is 0 Å². The van der Waals surface area contributed by atoms with E-state index in [1.165, 1.54) is 0 Å². The summed E-state index contributed by atoms with van der Waals surface area (Å²) in [6, 6.07) is 0. The van der Waals surface area contributed by atoms with Gasteiger partial charge in [0.1, 0.15) is 18.3 Å². The van der Waals surface area contributed by atoms with Crippen LogP contribution in [0.1, 0.15) is 0 Å². The molecule has 60 valence electrons. The first-order valence-corrected chi connectivity index (χ1v) is 2.73. The smallest absolute Gasteiger partial charge is 0.151 e. The number of aliphatic hydroxyl groups excluding tert-OH is 4.